The van der Waals surface area contributed by atoms with E-state index in [1.807, 2.05) is 13.0 Å². The van der Waals surface area contributed by atoms with Crippen LogP contribution in [0.5, 0.6) is 0 Å². The van der Waals surface area contributed by atoms with Crippen LogP contribution < -0.4 is 0 Å². The highest BCUT2D eigenvalue weighted by atomic mass is 16.6. The number of ether oxygens (including phenoxy) is 3. The zero-order valence-electron chi connectivity index (χ0n) is 22.0. The molecule has 196 valence electrons. The number of aliphatic hydroxyl groups is 1. The monoisotopic (exact) mass is 482 g/mol. The Hall–Kier alpha value is -1.89. The SMILES string of the molecule is CCC(C)C1CC(O)CC(=O)O1.CCC(C)C1CC=CC(=O)O1.CCC(C)C1CCCC(=O)O1. The minimum Gasteiger partial charge on any atom is -0.462 e. The van der Waals surface area contributed by atoms with Crippen LogP contribution in [-0.2, 0) is 28.6 Å². The summed E-state index contributed by atoms with van der Waals surface area (Å²) < 4.78 is 15.4. The predicted octanol–water partition coefficient (Wildman–Crippen LogP) is 5.13. The molecule has 7 heteroatoms. The van der Waals surface area contributed by atoms with Crippen molar-refractivity contribution >= 4 is 17.9 Å². The van der Waals surface area contributed by atoms with Gasteiger partial charge in [0, 0.05) is 25.3 Å². The van der Waals surface area contributed by atoms with E-state index in [1.165, 1.54) is 6.08 Å². The van der Waals surface area contributed by atoms with Gasteiger partial charge in [-0.1, -0.05) is 66.9 Å². The molecule has 7 nitrogen and oxygen atoms in total. The summed E-state index contributed by atoms with van der Waals surface area (Å²) in [5, 5.41) is 9.29. The Morgan fingerprint density at radius 3 is 1.94 bits per heavy atom. The Kier molecular flexibility index (Phi) is 14.1. The summed E-state index contributed by atoms with van der Waals surface area (Å²) in [6, 6.07) is 0. The van der Waals surface area contributed by atoms with E-state index >= 15 is 0 Å². The van der Waals surface area contributed by atoms with Crippen molar-refractivity contribution in [2.24, 2.45) is 17.8 Å². The third-order valence-corrected chi connectivity index (χ3v) is 7.07. The number of carbonyl (C=O) groups excluding carboxylic acids is 3. The Labute approximate surface area is 205 Å². The van der Waals surface area contributed by atoms with Crippen LogP contribution in [-0.4, -0.2) is 47.4 Å². The van der Waals surface area contributed by atoms with E-state index in [0.717, 1.165) is 38.5 Å². The van der Waals surface area contributed by atoms with Crippen molar-refractivity contribution in [1.82, 2.24) is 0 Å². The molecule has 0 bridgehead atoms. The molecule has 2 saturated heterocycles. The molecule has 7 unspecified atom stereocenters. The third-order valence-electron chi connectivity index (χ3n) is 7.07. The maximum absolute atomic E-state index is 10.9. The quantitative estimate of drug-likeness (QED) is 0.414. The smallest absolute Gasteiger partial charge is 0.330 e. The Morgan fingerprint density at radius 1 is 0.853 bits per heavy atom. The van der Waals surface area contributed by atoms with Gasteiger partial charge < -0.3 is 19.3 Å². The average molecular weight is 483 g/mol. The Bertz CT molecular complexity index is 659. The molecule has 34 heavy (non-hydrogen) atoms. The molecule has 3 aliphatic rings. The molecular formula is C27H46O7. The molecule has 0 amide bonds. The highest BCUT2D eigenvalue weighted by Gasteiger charge is 2.30. The number of hydrogen-bond acceptors (Lipinski definition) is 7. The molecule has 0 aromatic rings. The van der Waals surface area contributed by atoms with E-state index in [1.54, 1.807) is 0 Å². The minimum atomic E-state index is -0.495. The van der Waals surface area contributed by atoms with E-state index < -0.39 is 6.10 Å². The second-order valence-corrected chi connectivity index (χ2v) is 9.81. The van der Waals surface area contributed by atoms with Gasteiger partial charge in [-0.15, -0.1) is 0 Å². The van der Waals surface area contributed by atoms with Gasteiger partial charge in [-0.3, -0.25) is 9.59 Å². The summed E-state index contributed by atoms with van der Waals surface area (Å²) in [5.74, 6) is 0.884. The second-order valence-electron chi connectivity index (χ2n) is 9.81. The molecule has 0 aromatic heterocycles. The Morgan fingerprint density at radius 2 is 1.41 bits per heavy atom. The molecule has 7 atom stereocenters. The molecule has 0 aromatic carbocycles. The second kappa shape index (κ2) is 15.9. The predicted molar refractivity (Wildman–Crippen MR) is 131 cm³/mol. The molecule has 1 N–H and O–H groups in total. The lowest BCUT2D eigenvalue weighted by Gasteiger charge is -2.29. The molecule has 3 heterocycles. The van der Waals surface area contributed by atoms with Crippen LogP contribution in [0, 0.1) is 17.8 Å². The molecule has 2 fully saturated rings. The molecule has 3 aliphatic heterocycles. The zero-order chi connectivity index (χ0) is 25.7. The van der Waals surface area contributed by atoms with Gasteiger partial charge in [0.25, 0.3) is 0 Å². The molecule has 3 rings (SSSR count). The van der Waals surface area contributed by atoms with Gasteiger partial charge in [-0.05, 0) is 30.6 Å². The number of cyclic esters (lactones) is 3. The first-order valence-electron chi connectivity index (χ1n) is 13.0. The first-order valence-corrected chi connectivity index (χ1v) is 13.0. The fraction of sp³-hybridized carbons (Fsp3) is 0.815. The van der Waals surface area contributed by atoms with Crippen molar-refractivity contribution in [3.8, 4) is 0 Å². The zero-order valence-corrected chi connectivity index (χ0v) is 22.0. The molecule has 0 aliphatic carbocycles. The highest BCUT2D eigenvalue weighted by Crippen LogP contribution is 2.23. The van der Waals surface area contributed by atoms with E-state index in [0.29, 0.717) is 30.6 Å². The van der Waals surface area contributed by atoms with Crippen molar-refractivity contribution in [3.05, 3.63) is 12.2 Å². The van der Waals surface area contributed by atoms with Crippen LogP contribution in [0.4, 0.5) is 0 Å². The van der Waals surface area contributed by atoms with E-state index in [4.69, 9.17) is 14.2 Å². The first-order chi connectivity index (χ1) is 16.1. The van der Waals surface area contributed by atoms with Gasteiger partial charge in [0.15, 0.2) is 0 Å². The van der Waals surface area contributed by atoms with Crippen molar-refractivity contribution in [1.29, 1.82) is 0 Å². The number of hydrogen-bond donors (Lipinski definition) is 1. The fourth-order valence-electron chi connectivity index (χ4n) is 3.96. The van der Waals surface area contributed by atoms with Crippen LogP contribution in [0.1, 0.15) is 99.3 Å². The summed E-state index contributed by atoms with van der Waals surface area (Å²) in [4.78, 5) is 32.6. The molecular weight excluding hydrogens is 436 g/mol. The molecule has 0 spiro atoms. The van der Waals surface area contributed by atoms with Gasteiger partial charge in [-0.25, -0.2) is 4.79 Å². The number of carbonyl (C=O) groups is 3. The van der Waals surface area contributed by atoms with Gasteiger partial charge in [0.1, 0.15) is 18.3 Å². The number of esters is 3. The van der Waals surface area contributed by atoms with E-state index in [-0.39, 0.29) is 42.6 Å². The normalized spacial score (nSPS) is 29.1. The van der Waals surface area contributed by atoms with Crippen LogP contribution in [0.25, 0.3) is 0 Å². The van der Waals surface area contributed by atoms with E-state index in [2.05, 4.69) is 34.6 Å². The maximum Gasteiger partial charge on any atom is 0.330 e. The summed E-state index contributed by atoms with van der Waals surface area (Å²) >= 11 is 0. The topological polar surface area (TPSA) is 99.1 Å². The van der Waals surface area contributed by atoms with Crippen molar-refractivity contribution in [2.75, 3.05) is 0 Å². The number of aliphatic hydroxyl groups excluding tert-OH is 1. The van der Waals surface area contributed by atoms with Crippen molar-refractivity contribution in [3.63, 3.8) is 0 Å². The largest absolute Gasteiger partial charge is 0.462 e. The Balaban J connectivity index is 0.000000255. The van der Waals surface area contributed by atoms with Gasteiger partial charge >= 0.3 is 17.9 Å². The summed E-state index contributed by atoms with van der Waals surface area (Å²) in [5.41, 5.74) is 0. The van der Waals surface area contributed by atoms with Crippen molar-refractivity contribution < 1.29 is 33.7 Å². The van der Waals surface area contributed by atoms with Crippen LogP contribution in [0.3, 0.4) is 0 Å². The fourth-order valence-corrected chi connectivity index (χ4v) is 3.96. The van der Waals surface area contributed by atoms with Crippen molar-refractivity contribution in [2.45, 2.75) is 124 Å². The lowest BCUT2D eigenvalue weighted by Crippen LogP contribution is -2.36. The number of rotatable bonds is 6. The average Bonchev–Trinajstić information content (AvgIpc) is 2.82. The lowest BCUT2D eigenvalue weighted by molar-refractivity contribution is -0.163. The minimum absolute atomic E-state index is 0.0125. The summed E-state index contributed by atoms with van der Waals surface area (Å²) in [6.07, 6.45) is 10.6. The van der Waals surface area contributed by atoms with Gasteiger partial charge in [0.2, 0.25) is 0 Å². The standard InChI is InChI=1S/C9H16O3.C9H16O2.C9H14O2/c1-3-6(2)8-4-7(10)5-9(11)12-8;2*1-3-7(2)8-5-4-6-9(10)11-8/h6-8,10H,3-5H2,1-2H3;7-8H,3-6H2,1-2H3;4,6-8H,3,5H2,1-2H3. The third kappa shape index (κ3) is 11.0. The maximum atomic E-state index is 10.9. The lowest BCUT2D eigenvalue weighted by atomic mass is 9.94. The van der Waals surface area contributed by atoms with Crippen LogP contribution in [0.15, 0.2) is 12.2 Å². The van der Waals surface area contributed by atoms with Crippen LogP contribution in [0.2, 0.25) is 0 Å². The highest BCUT2D eigenvalue weighted by molar-refractivity contribution is 5.82. The molecule has 0 saturated carbocycles. The summed E-state index contributed by atoms with van der Waals surface area (Å²) in [6.45, 7) is 12.6. The van der Waals surface area contributed by atoms with Gasteiger partial charge in [-0.2, -0.15) is 0 Å². The van der Waals surface area contributed by atoms with E-state index in [9.17, 15) is 19.5 Å². The molecule has 0 radical (unpaired) electrons. The summed E-state index contributed by atoms with van der Waals surface area (Å²) in [7, 11) is 0. The van der Waals surface area contributed by atoms with Crippen LogP contribution >= 0.6 is 0 Å². The first kappa shape index (κ1) is 30.1. The van der Waals surface area contributed by atoms with Gasteiger partial charge in [0.05, 0.1) is 12.5 Å².